The minimum Gasteiger partial charge on any atom is -0.395 e. The number of benzene rings is 1. The van der Waals surface area contributed by atoms with Gasteiger partial charge in [0.15, 0.2) is 0 Å². The fraction of sp³-hybridized carbons (Fsp3) is 0.357. The summed E-state index contributed by atoms with van der Waals surface area (Å²) in [5.74, 6) is -0.800. The van der Waals surface area contributed by atoms with E-state index in [-0.39, 0.29) is 18.0 Å². The van der Waals surface area contributed by atoms with Crippen LogP contribution in [0.25, 0.3) is 0 Å². The third-order valence-electron chi connectivity index (χ3n) is 3.92. The van der Waals surface area contributed by atoms with Crippen LogP contribution in [0, 0.1) is 5.82 Å². The Morgan fingerprint density at radius 3 is 2.82 bits per heavy atom. The number of aliphatic hydroxyl groups is 1. The molecule has 0 fully saturated rings. The second-order valence-electron chi connectivity index (χ2n) is 5.27. The summed E-state index contributed by atoms with van der Waals surface area (Å²) in [5, 5.41) is 9.57. The highest BCUT2D eigenvalue weighted by Gasteiger charge is 2.38. The zero-order valence-electron chi connectivity index (χ0n) is 12.0. The number of rotatable bonds is 3. The normalized spacial score (nSPS) is 19.1. The first-order valence-corrected chi connectivity index (χ1v) is 8.25. The van der Waals surface area contributed by atoms with E-state index >= 15 is 0 Å². The summed E-state index contributed by atoms with van der Waals surface area (Å²) in [7, 11) is -2.22. The molecule has 0 aliphatic carbocycles. The summed E-state index contributed by atoms with van der Waals surface area (Å²) in [6.45, 7) is -0.309. The van der Waals surface area contributed by atoms with Crippen molar-refractivity contribution < 1.29 is 17.9 Å². The van der Waals surface area contributed by atoms with E-state index in [1.165, 1.54) is 18.2 Å². The largest absolute Gasteiger partial charge is 0.395 e. The van der Waals surface area contributed by atoms with Crippen LogP contribution in [0.15, 0.2) is 35.5 Å². The van der Waals surface area contributed by atoms with Crippen LogP contribution >= 0.6 is 0 Å². The Kier molecular flexibility index (Phi) is 3.75. The lowest BCUT2D eigenvalue weighted by Crippen LogP contribution is -2.46. The van der Waals surface area contributed by atoms with E-state index in [1.807, 2.05) is 11.6 Å². The van der Waals surface area contributed by atoms with E-state index < -0.39 is 21.9 Å². The molecule has 3 rings (SSSR count). The van der Waals surface area contributed by atoms with Crippen LogP contribution in [0.5, 0.6) is 0 Å². The average Bonchev–Trinajstić information content (AvgIpc) is 2.87. The third kappa shape index (κ3) is 2.33. The van der Waals surface area contributed by atoms with Crippen molar-refractivity contribution >= 4 is 10.0 Å². The molecule has 8 heteroatoms. The molecule has 1 aliphatic heterocycles. The van der Waals surface area contributed by atoms with Gasteiger partial charge >= 0.3 is 0 Å². The average molecular weight is 325 g/mol. The van der Waals surface area contributed by atoms with Crippen LogP contribution in [0.4, 0.5) is 4.39 Å². The van der Waals surface area contributed by atoms with Crippen molar-refractivity contribution in [1.82, 2.24) is 13.9 Å². The number of aliphatic hydroxyl groups excluding tert-OH is 1. The van der Waals surface area contributed by atoms with E-state index in [2.05, 4.69) is 4.98 Å². The highest BCUT2D eigenvalue weighted by atomic mass is 32.2. The number of hydrogen-bond acceptors (Lipinski definition) is 4. The fourth-order valence-electron chi connectivity index (χ4n) is 2.72. The van der Waals surface area contributed by atoms with Gasteiger partial charge in [-0.3, -0.25) is 0 Å². The van der Waals surface area contributed by atoms with E-state index in [9.17, 15) is 17.9 Å². The second kappa shape index (κ2) is 5.45. The summed E-state index contributed by atoms with van der Waals surface area (Å²) in [6, 6.07) is 4.61. The Bertz CT molecular complexity index is 803. The van der Waals surface area contributed by atoms with Gasteiger partial charge < -0.3 is 9.67 Å². The SMILES string of the molecule is Cn1cnc2c1C[C@@H](CO)N(S(=O)(=O)c1ccccc1F)C2. The van der Waals surface area contributed by atoms with Crippen molar-refractivity contribution in [2.45, 2.75) is 23.9 Å². The highest BCUT2D eigenvalue weighted by Crippen LogP contribution is 2.29. The first-order chi connectivity index (χ1) is 10.4. The van der Waals surface area contributed by atoms with Crippen molar-refractivity contribution in [2.24, 2.45) is 7.05 Å². The lowest BCUT2D eigenvalue weighted by molar-refractivity contribution is 0.170. The van der Waals surface area contributed by atoms with Gasteiger partial charge in [0.1, 0.15) is 10.7 Å². The molecular formula is C14H16FN3O3S. The minimum atomic E-state index is -4.04. The molecule has 0 saturated carbocycles. The number of halogens is 1. The molecule has 2 heterocycles. The van der Waals surface area contributed by atoms with E-state index in [0.29, 0.717) is 12.1 Å². The van der Waals surface area contributed by atoms with Gasteiger partial charge in [0.25, 0.3) is 0 Å². The van der Waals surface area contributed by atoms with Gasteiger partial charge in [0, 0.05) is 19.2 Å². The molecule has 1 aromatic heterocycles. The van der Waals surface area contributed by atoms with Crippen LogP contribution in [0.3, 0.4) is 0 Å². The quantitative estimate of drug-likeness (QED) is 0.900. The number of hydrogen-bond donors (Lipinski definition) is 1. The van der Waals surface area contributed by atoms with E-state index in [0.717, 1.165) is 16.1 Å². The Hall–Kier alpha value is -1.77. The van der Waals surface area contributed by atoms with Crippen LogP contribution < -0.4 is 0 Å². The lowest BCUT2D eigenvalue weighted by atomic mass is 10.1. The number of aromatic nitrogens is 2. The molecule has 6 nitrogen and oxygen atoms in total. The Labute approximate surface area is 127 Å². The van der Waals surface area contributed by atoms with Gasteiger partial charge in [-0.15, -0.1) is 0 Å². The molecule has 1 aliphatic rings. The Morgan fingerprint density at radius 1 is 1.41 bits per heavy atom. The molecule has 2 aromatic rings. The first kappa shape index (κ1) is 15.1. The van der Waals surface area contributed by atoms with Crippen LogP contribution in [-0.4, -0.2) is 40.0 Å². The monoisotopic (exact) mass is 325 g/mol. The van der Waals surface area contributed by atoms with Crippen molar-refractivity contribution in [3.8, 4) is 0 Å². The topological polar surface area (TPSA) is 75.4 Å². The molecule has 1 atom stereocenters. The molecule has 0 amide bonds. The first-order valence-electron chi connectivity index (χ1n) is 6.81. The van der Waals surface area contributed by atoms with Gasteiger partial charge in [0.2, 0.25) is 10.0 Å². The molecular weight excluding hydrogens is 309 g/mol. The lowest BCUT2D eigenvalue weighted by Gasteiger charge is -2.33. The van der Waals surface area contributed by atoms with Crippen LogP contribution in [-0.2, 0) is 30.0 Å². The van der Waals surface area contributed by atoms with Crippen LogP contribution in [0.2, 0.25) is 0 Å². The standard InChI is InChI=1S/C14H16FN3O3S/c1-17-9-16-12-7-18(10(8-19)6-13(12)17)22(20,21)14-5-3-2-4-11(14)15/h2-5,9-10,19H,6-8H2,1H3/t10-/m0/s1. The molecule has 1 aromatic carbocycles. The molecule has 0 saturated heterocycles. The fourth-order valence-corrected chi connectivity index (χ4v) is 4.36. The highest BCUT2D eigenvalue weighted by molar-refractivity contribution is 7.89. The van der Waals surface area contributed by atoms with E-state index in [4.69, 9.17) is 0 Å². The number of sulfonamides is 1. The molecule has 0 unspecified atom stereocenters. The maximum Gasteiger partial charge on any atom is 0.246 e. The molecule has 1 N–H and O–H groups in total. The van der Waals surface area contributed by atoms with Gasteiger partial charge in [-0.05, 0) is 12.1 Å². The maximum absolute atomic E-state index is 13.9. The predicted octanol–water partition coefficient (Wildman–Crippen LogP) is 0.667. The molecule has 118 valence electrons. The minimum absolute atomic E-state index is 0.0259. The molecule has 0 radical (unpaired) electrons. The zero-order valence-corrected chi connectivity index (χ0v) is 12.8. The number of fused-ring (bicyclic) bond motifs is 1. The number of imidazole rings is 1. The maximum atomic E-state index is 13.9. The van der Waals surface area contributed by atoms with Crippen molar-refractivity contribution in [3.05, 3.63) is 47.8 Å². The summed E-state index contributed by atoms with van der Waals surface area (Å²) < 4.78 is 42.3. The third-order valence-corrected chi connectivity index (χ3v) is 5.85. The van der Waals surface area contributed by atoms with Crippen LogP contribution in [0.1, 0.15) is 11.4 Å². The summed E-state index contributed by atoms with van der Waals surface area (Å²) in [4.78, 5) is 3.80. The number of nitrogens with zero attached hydrogens (tertiary/aromatic N) is 3. The van der Waals surface area contributed by atoms with Crippen molar-refractivity contribution in [1.29, 1.82) is 0 Å². The van der Waals surface area contributed by atoms with Gasteiger partial charge in [-0.2, -0.15) is 4.31 Å². The van der Waals surface area contributed by atoms with Gasteiger partial charge in [-0.1, -0.05) is 12.1 Å². The van der Waals surface area contributed by atoms with Gasteiger partial charge in [0.05, 0.1) is 31.2 Å². The smallest absolute Gasteiger partial charge is 0.246 e. The summed E-state index contributed by atoms with van der Waals surface area (Å²) in [5.41, 5.74) is 1.52. The van der Waals surface area contributed by atoms with E-state index in [1.54, 1.807) is 6.33 Å². The molecule has 22 heavy (non-hydrogen) atoms. The number of aryl methyl sites for hydroxylation is 1. The van der Waals surface area contributed by atoms with Gasteiger partial charge in [-0.25, -0.2) is 17.8 Å². The molecule has 0 spiro atoms. The summed E-state index contributed by atoms with van der Waals surface area (Å²) in [6.07, 6.45) is 1.95. The predicted molar refractivity (Wildman–Crippen MR) is 76.9 cm³/mol. The van der Waals surface area contributed by atoms with Crippen molar-refractivity contribution in [2.75, 3.05) is 6.61 Å². The summed E-state index contributed by atoms with van der Waals surface area (Å²) >= 11 is 0. The Morgan fingerprint density at radius 2 is 2.14 bits per heavy atom. The second-order valence-corrected chi connectivity index (χ2v) is 7.13. The molecule has 0 bridgehead atoms. The zero-order chi connectivity index (χ0) is 15.9. The Balaban J connectivity index is 2.05. The van der Waals surface area contributed by atoms with Crippen molar-refractivity contribution in [3.63, 3.8) is 0 Å².